The van der Waals surface area contributed by atoms with Crippen molar-refractivity contribution in [1.29, 1.82) is 0 Å². The smallest absolute Gasteiger partial charge is 0.337 e. The molecule has 21 heavy (non-hydrogen) atoms. The van der Waals surface area contributed by atoms with E-state index >= 15 is 0 Å². The number of nitrogens with zero attached hydrogens (tertiary/aromatic N) is 2. The summed E-state index contributed by atoms with van der Waals surface area (Å²) in [4.78, 5) is 11.0. The first-order valence-electron chi connectivity index (χ1n) is 6.81. The summed E-state index contributed by atoms with van der Waals surface area (Å²) >= 11 is 0. The van der Waals surface area contributed by atoms with Crippen LogP contribution in [0.3, 0.4) is 0 Å². The molecular formula is C15H19N3O3. The van der Waals surface area contributed by atoms with E-state index in [1.54, 1.807) is 6.07 Å². The topological polar surface area (TPSA) is 90.4 Å². The first-order valence-corrected chi connectivity index (χ1v) is 6.81. The highest BCUT2D eigenvalue weighted by molar-refractivity contribution is 5.94. The van der Waals surface area contributed by atoms with Crippen LogP contribution >= 0.6 is 0 Å². The Kier molecular flexibility index (Phi) is 4.47. The number of nitrogen functional groups attached to an aromatic ring is 1. The summed E-state index contributed by atoms with van der Waals surface area (Å²) in [5, 5.41) is 13.4. The Morgan fingerprint density at radius 3 is 2.90 bits per heavy atom. The molecule has 112 valence electrons. The maximum atomic E-state index is 11.0. The van der Waals surface area contributed by atoms with Crippen molar-refractivity contribution >= 4 is 11.7 Å². The van der Waals surface area contributed by atoms with Crippen LogP contribution in [-0.4, -0.2) is 20.9 Å². The lowest BCUT2D eigenvalue weighted by Crippen LogP contribution is -2.06. The molecule has 0 bridgehead atoms. The van der Waals surface area contributed by atoms with Crippen molar-refractivity contribution in [3.8, 4) is 5.75 Å². The maximum absolute atomic E-state index is 11.0. The number of carbonyl (C=O) groups is 1. The normalized spacial score (nSPS) is 12.1. The third kappa shape index (κ3) is 3.53. The molecule has 2 aromatic rings. The van der Waals surface area contributed by atoms with Crippen molar-refractivity contribution in [3.05, 3.63) is 41.7 Å². The number of hydrogen-bond donors (Lipinski definition) is 2. The van der Waals surface area contributed by atoms with Gasteiger partial charge in [-0.2, -0.15) is 5.10 Å². The molecule has 0 spiro atoms. The fourth-order valence-electron chi connectivity index (χ4n) is 1.85. The van der Waals surface area contributed by atoms with E-state index in [1.165, 1.54) is 12.1 Å². The van der Waals surface area contributed by atoms with Crippen LogP contribution < -0.4 is 10.5 Å². The molecule has 6 nitrogen and oxygen atoms in total. The van der Waals surface area contributed by atoms with E-state index in [-0.39, 0.29) is 17.9 Å². The van der Waals surface area contributed by atoms with E-state index < -0.39 is 5.97 Å². The molecule has 1 atom stereocenters. The molecular weight excluding hydrogens is 270 g/mol. The van der Waals surface area contributed by atoms with E-state index in [9.17, 15) is 4.79 Å². The van der Waals surface area contributed by atoms with Crippen molar-refractivity contribution in [2.24, 2.45) is 0 Å². The average molecular weight is 289 g/mol. The molecule has 1 aromatic carbocycles. The quantitative estimate of drug-likeness (QED) is 0.798. The second kappa shape index (κ2) is 6.30. The minimum absolute atomic E-state index is 0.0395. The number of ether oxygens (including phenoxy) is 1. The van der Waals surface area contributed by atoms with Crippen LogP contribution in [0.5, 0.6) is 5.75 Å². The molecule has 6 heteroatoms. The minimum Gasteiger partial charge on any atom is -0.487 e. The summed E-state index contributed by atoms with van der Waals surface area (Å²) in [6.07, 6.45) is 2.92. The first-order chi connectivity index (χ1) is 10.0. The molecule has 0 radical (unpaired) electrons. The van der Waals surface area contributed by atoms with Gasteiger partial charge in [0.1, 0.15) is 12.4 Å². The van der Waals surface area contributed by atoms with Crippen molar-refractivity contribution < 1.29 is 14.6 Å². The van der Waals surface area contributed by atoms with Crippen LogP contribution in [-0.2, 0) is 6.61 Å². The molecule has 0 amide bonds. The predicted octanol–water partition coefficient (Wildman–Crippen LogP) is 2.71. The van der Waals surface area contributed by atoms with Gasteiger partial charge >= 0.3 is 5.97 Å². The SMILES string of the molecule is CCC(C)n1ccc(COc2ccc(N)c(C(=O)O)c2)n1. The Morgan fingerprint density at radius 2 is 2.24 bits per heavy atom. The summed E-state index contributed by atoms with van der Waals surface area (Å²) in [5.41, 5.74) is 6.65. The van der Waals surface area contributed by atoms with E-state index in [1.807, 2.05) is 16.9 Å². The second-order valence-electron chi connectivity index (χ2n) is 4.89. The molecule has 2 rings (SSSR count). The fraction of sp³-hybridized carbons (Fsp3) is 0.333. The minimum atomic E-state index is -1.07. The van der Waals surface area contributed by atoms with E-state index in [0.717, 1.165) is 12.1 Å². The molecule has 0 aliphatic rings. The fourth-order valence-corrected chi connectivity index (χ4v) is 1.85. The van der Waals surface area contributed by atoms with Gasteiger partial charge in [-0.15, -0.1) is 0 Å². The molecule has 1 heterocycles. The summed E-state index contributed by atoms with van der Waals surface area (Å²) in [6.45, 7) is 4.48. The Hall–Kier alpha value is -2.50. The lowest BCUT2D eigenvalue weighted by Gasteiger charge is -2.09. The average Bonchev–Trinajstić information content (AvgIpc) is 2.94. The Labute approximate surface area is 123 Å². The Balaban J connectivity index is 2.04. The lowest BCUT2D eigenvalue weighted by molar-refractivity contribution is 0.0697. The largest absolute Gasteiger partial charge is 0.487 e. The number of carboxylic acid groups (broad SMARTS) is 1. The zero-order valence-corrected chi connectivity index (χ0v) is 12.1. The zero-order valence-electron chi connectivity index (χ0n) is 12.1. The van der Waals surface area contributed by atoms with Crippen molar-refractivity contribution in [2.75, 3.05) is 5.73 Å². The predicted molar refractivity (Wildman–Crippen MR) is 79.4 cm³/mol. The monoisotopic (exact) mass is 289 g/mol. The van der Waals surface area contributed by atoms with Gasteiger partial charge in [-0.25, -0.2) is 4.79 Å². The van der Waals surface area contributed by atoms with Gasteiger partial charge in [0.25, 0.3) is 0 Å². The summed E-state index contributed by atoms with van der Waals surface area (Å²) < 4.78 is 7.46. The maximum Gasteiger partial charge on any atom is 0.337 e. The van der Waals surface area contributed by atoms with Gasteiger partial charge in [0.15, 0.2) is 0 Å². The summed E-state index contributed by atoms with van der Waals surface area (Å²) in [7, 11) is 0. The highest BCUT2D eigenvalue weighted by Gasteiger charge is 2.10. The van der Waals surface area contributed by atoms with Crippen LogP contribution in [0.4, 0.5) is 5.69 Å². The van der Waals surface area contributed by atoms with Gasteiger partial charge in [0, 0.05) is 17.9 Å². The highest BCUT2D eigenvalue weighted by atomic mass is 16.5. The van der Waals surface area contributed by atoms with Gasteiger partial charge in [-0.1, -0.05) is 6.92 Å². The molecule has 3 N–H and O–H groups in total. The Bertz CT molecular complexity index is 637. The standard InChI is InChI=1S/C15H19N3O3/c1-3-10(2)18-7-6-11(17-18)9-21-12-4-5-14(16)13(8-12)15(19)20/h4-8,10H,3,9,16H2,1-2H3,(H,19,20). The number of rotatable bonds is 6. The van der Waals surface area contributed by atoms with Crippen LogP contribution in [0.2, 0.25) is 0 Å². The molecule has 1 unspecified atom stereocenters. The lowest BCUT2D eigenvalue weighted by atomic mass is 10.2. The van der Waals surface area contributed by atoms with Crippen LogP contribution in [0, 0.1) is 0 Å². The number of aromatic nitrogens is 2. The zero-order chi connectivity index (χ0) is 15.4. The number of nitrogens with two attached hydrogens (primary N) is 1. The number of benzene rings is 1. The number of aromatic carboxylic acids is 1. The molecule has 0 saturated heterocycles. The van der Waals surface area contributed by atoms with Gasteiger partial charge in [-0.05, 0) is 37.6 Å². The van der Waals surface area contributed by atoms with E-state index in [0.29, 0.717) is 11.8 Å². The van der Waals surface area contributed by atoms with Crippen molar-refractivity contribution in [1.82, 2.24) is 9.78 Å². The van der Waals surface area contributed by atoms with E-state index in [4.69, 9.17) is 15.6 Å². The third-order valence-electron chi connectivity index (χ3n) is 3.35. The molecule has 0 fully saturated rings. The van der Waals surface area contributed by atoms with Crippen molar-refractivity contribution in [2.45, 2.75) is 32.9 Å². The number of anilines is 1. The second-order valence-corrected chi connectivity index (χ2v) is 4.89. The van der Waals surface area contributed by atoms with Crippen LogP contribution in [0.15, 0.2) is 30.5 Å². The van der Waals surface area contributed by atoms with Gasteiger partial charge in [-0.3, -0.25) is 4.68 Å². The Morgan fingerprint density at radius 1 is 1.48 bits per heavy atom. The summed E-state index contributed by atoms with van der Waals surface area (Å²) in [5.74, 6) is -0.612. The molecule has 0 aliphatic carbocycles. The van der Waals surface area contributed by atoms with Gasteiger partial charge in [0.05, 0.1) is 11.3 Å². The number of hydrogen-bond acceptors (Lipinski definition) is 4. The van der Waals surface area contributed by atoms with Crippen molar-refractivity contribution in [3.63, 3.8) is 0 Å². The van der Waals surface area contributed by atoms with Crippen LogP contribution in [0.1, 0.15) is 42.4 Å². The summed E-state index contributed by atoms with van der Waals surface area (Å²) in [6, 6.07) is 6.82. The number of carboxylic acids is 1. The first kappa shape index (κ1) is 14.9. The van der Waals surface area contributed by atoms with Gasteiger partial charge < -0.3 is 15.6 Å². The van der Waals surface area contributed by atoms with Gasteiger partial charge in [0.2, 0.25) is 0 Å². The molecule has 0 aliphatic heterocycles. The van der Waals surface area contributed by atoms with E-state index in [2.05, 4.69) is 18.9 Å². The van der Waals surface area contributed by atoms with Crippen LogP contribution in [0.25, 0.3) is 0 Å². The highest BCUT2D eigenvalue weighted by Crippen LogP contribution is 2.20. The third-order valence-corrected chi connectivity index (χ3v) is 3.35. The molecule has 1 aromatic heterocycles. The molecule has 0 saturated carbocycles.